The second-order valence-electron chi connectivity index (χ2n) is 4.73. The molecule has 1 aliphatic rings. The van der Waals surface area contributed by atoms with Crippen molar-refractivity contribution in [2.45, 2.75) is 45.3 Å². The van der Waals surface area contributed by atoms with Crippen molar-refractivity contribution in [2.24, 2.45) is 0 Å². The van der Waals surface area contributed by atoms with Gasteiger partial charge in [-0.25, -0.2) is 0 Å². The molecule has 1 fully saturated rings. The fourth-order valence-electron chi connectivity index (χ4n) is 2.30. The molecule has 1 heterocycles. The van der Waals surface area contributed by atoms with Gasteiger partial charge >= 0.3 is 0 Å². The predicted molar refractivity (Wildman–Crippen MR) is 75.6 cm³/mol. The highest BCUT2D eigenvalue weighted by Crippen LogP contribution is 2.24. The van der Waals surface area contributed by atoms with E-state index in [0.29, 0.717) is 12.1 Å². The minimum Gasteiger partial charge on any atom is -0.382 e. The van der Waals surface area contributed by atoms with Crippen LogP contribution in [-0.4, -0.2) is 18.8 Å². The Kier molecular flexibility index (Phi) is 4.46. The maximum Gasteiger partial charge on any atom is 0.0592 e. The molecule has 94 valence electrons. The van der Waals surface area contributed by atoms with E-state index in [1.807, 2.05) is 0 Å². The average molecular weight is 298 g/mol. The summed E-state index contributed by atoms with van der Waals surface area (Å²) >= 11 is 3.49. The lowest BCUT2D eigenvalue weighted by Gasteiger charge is -2.30. The van der Waals surface area contributed by atoms with Crippen LogP contribution >= 0.6 is 15.9 Å². The lowest BCUT2D eigenvalue weighted by molar-refractivity contribution is 0.00925. The summed E-state index contributed by atoms with van der Waals surface area (Å²) in [5.41, 5.74) is 2.54. The first-order chi connectivity index (χ1) is 8.19. The third-order valence-corrected chi connectivity index (χ3v) is 3.86. The highest BCUT2D eigenvalue weighted by Gasteiger charge is 2.21. The molecule has 1 saturated heterocycles. The predicted octanol–water partition coefficient (Wildman–Crippen LogP) is 4.13. The molecule has 0 amide bonds. The van der Waals surface area contributed by atoms with E-state index >= 15 is 0 Å². The molecule has 0 spiro atoms. The maximum absolute atomic E-state index is 5.70. The van der Waals surface area contributed by atoms with Crippen LogP contribution in [0, 0.1) is 6.92 Å². The SMILES string of the molecule is CCC1CC(Nc2ccc(Br)cc2C)CCO1. The molecular formula is C14H20BrNO. The Morgan fingerprint density at radius 1 is 1.47 bits per heavy atom. The highest BCUT2D eigenvalue weighted by molar-refractivity contribution is 9.10. The quantitative estimate of drug-likeness (QED) is 0.906. The summed E-state index contributed by atoms with van der Waals surface area (Å²) in [6.07, 6.45) is 3.76. The van der Waals surface area contributed by atoms with E-state index in [0.717, 1.165) is 30.3 Å². The van der Waals surface area contributed by atoms with Gasteiger partial charge in [0.15, 0.2) is 0 Å². The van der Waals surface area contributed by atoms with Gasteiger partial charge in [0.25, 0.3) is 0 Å². The normalized spacial score (nSPS) is 24.6. The second-order valence-corrected chi connectivity index (χ2v) is 5.64. The molecule has 1 aromatic carbocycles. The van der Waals surface area contributed by atoms with Crippen molar-refractivity contribution in [1.29, 1.82) is 0 Å². The van der Waals surface area contributed by atoms with Crippen molar-refractivity contribution in [3.8, 4) is 0 Å². The molecule has 1 aliphatic heterocycles. The van der Waals surface area contributed by atoms with Crippen molar-refractivity contribution in [1.82, 2.24) is 0 Å². The molecule has 1 aromatic rings. The van der Waals surface area contributed by atoms with Crippen LogP contribution in [0.5, 0.6) is 0 Å². The Balaban J connectivity index is 2.00. The molecule has 2 rings (SSSR count). The summed E-state index contributed by atoms with van der Waals surface area (Å²) in [5, 5.41) is 3.64. The topological polar surface area (TPSA) is 21.3 Å². The minimum absolute atomic E-state index is 0.428. The average Bonchev–Trinajstić information content (AvgIpc) is 2.33. The third kappa shape index (κ3) is 3.46. The summed E-state index contributed by atoms with van der Waals surface area (Å²) < 4.78 is 6.83. The van der Waals surface area contributed by atoms with Gasteiger partial charge < -0.3 is 10.1 Å². The van der Waals surface area contributed by atoms with Crippen molar-refractivity contribution in [3.05, 3.63) is 28.2 Å². The number of hydrogen-bond donors (Lipinski definition) is 1. The van der Waals surface area contributed by atoms with Crippen LogP contribution in [0.3, 0.4) is 0 Å². The number of hydrogen-bond acceptors (Lipinski definition) is 2. The van der Waals surface area contributed by atoms with Gasteiger partial charge in [0.1, 0.15) is 0 Å². The molecule has 0 radical (unpaired) electrons. The van der Waals surface area contributed by atoms with Gasteiger partial charge in [-0.2, -0.15) is 0 Å². The Morgan fingerprint density at radius 2 is 2.29 bits per heavy atom. The first-order valence-corrected chi connectivity index (χ1v) is 7.12. The zero-order chi connectivity index (χ0) is 12.3. The van der Waals surface area contributed by atoms with Gasteiger partial charge in [0, 0.05) is 22.8 Å². The van der Waals surface area contributed by atoms with Crippen LogP contribution in [0.25, 0.3) is 0 Å². The van der Waals surface area contributed by atoms with Crippen LogP contribution < -0.4 is 5.32 Å². The van der Waals surface area contributed by atoms with Gasteiger partial charge in [-0.1, -0.05) is 22.9 Å². The lowest BCUT2D eigenvalue weighted by atomic mass is 10.0. The Labute approximate surface area is 112 Å². The fourth-order valence-corrected chi connectivity index (χ4v) is 2.78. The molecule has 2 atom stereocenters. The molecule has 3 heteroatoms. The number of ether oxygens (including phenoxy) is 1. The van der Waals surface area contributed by atoms with Gasteiger partial charge in [0.05, 0.1) is 6.10 Å². The van der Waals surface area contributed by atoms with E-state index in [1.54, 1.807) is 0 Å². The van der Waals surface area contributed by atoms with E-state index in [9.17, 15) is 0 Å². The molecule has 0 saturated carbocycles. The number of rotatable bonds is 3. The molecule has 1 N–H and O–H groups in total. The van der Waals surface area contributed by atoms with E-state index in [-0.39, 0.29) is 0 Å². The lowest BCUT2D eigenvalue weighted by Crippen LogP contribution is -2.33. The van der Waals surface area contributed by atoms with Crippen LogP contribution in [0.15, 0.2) is 22.7 Å². The zero-order valence-electron chi connectivity index (χ0n) is 10.5. The van der Waals surface area contributed by atoms with Gasteiger partial charge in [-0.15, -0.1) is 0 Å². The third-order valence-electron chi connectivity index (χ3n) is 3.37. The number of benzene rings is 1. The summed E-state index contributed by atoms with van der Waals surface area (Å²) in [4.78, 5) is 0. The fraction of sp³-hybridized carbons (Fsp3) is 0.571. The molecule has 0 bridgehead atoms. The smallest absolute Gasteiger partial charge is 0.0592 e. The maximum atomic E-state index is 5.70. The van der Waals surface area contributed by atoms with E-state index < -0.39 is 0 Å². The summed E-state index contributed by atoms with van der Waals surface area (Å²) in [6, 6.07) is 6.94. The van der Waals surface area contributed by atoms with E-state index in [1.165, 1.54) is 11.3 Å². The number of halogens is 1. The second kappa shape index (κ2) is 5.87. The van der Waals surface area contributed by atoms with Gasteiger partial charge in [-0.3, -0.25) is 0 Å². The monoisotopic (exact) mass is 297 g/mol. The van der Waals surface area contributed by atoms with Crippen LogP contribution in [0.4, 0.5) is 5.69 Å². The molecule has 0 aromatic heterocycles. The van der Waals surface area contributed by atoms with Crippen molar-refractivity contribution in [2.75, 3.05) is 11.9 Å². The van der Waals surface area contributed by atoms with Crippen LogP contribution in [0.1, 0.15) is 31.7 Å². The van der Waals surface area contributed by atoms with Crippen molar-refractivity contribution in [3.63, 3.8) is 0 Å². The standard InChI is InChI=1S/C14H20BrNO/c1-3-13-9-12(6-7-17-13)16-14-5-4-11(15)8-10(14)2/h4-5,8,12-13,16H,3,6-7,9H2,1-2H3. The number of nitrogens with one attached hydrogen (secondary N) is 1. The largest absolute Gasteiger partial charge is 0.382 e. The molecule has 2 nitrogen and oxygen atoms in total. The molecular weight excluding hydrogens is 278 g/mol. The zero-order valence-corrected chi connectivity index (χ0v) is 12.1. The Hall–Kier alpha value is -0.540. The van der Waals surface area contributed by atoms with E-state index in [2.05, 4.69) is 53.3 Å². The first-order valence-electron chi connectivity index (χ1n) is 6.33. The van der Waals surface area contributed by atoms with Crippen molar-refractivity contribution < 1.29 is 4.74 Å². The number of aryl methyl sites for hydroxylation is 1. The first kappa shape index (κ1) is 12.9. The summed E-state index contributed by atoms with van der Waals surface area (Å²) in [7, 11) is 0. The van der Waals surface area contributed by atoms with Gasteiger partial charge in [0.2, 0.25) is 0 Å². The van der Waals surface area contributed by atoms with E-state index in [4.69, 9.17) is 4.74 Å². The summed E-state index contributed by atoms with van der Waals surface area (Å²) in [5.74, 6) is 0. The molecule has 2 unspecified atom stereocenters. The number of anilines is 1. The van der Waals surface area contributed by atoms with Crippen LogP contribution in [-0.2, 0) is 4.74 Å². The Bertz CT molecular complexity index is 380. The minimum atomic E-state index is 0.428. The Morgan fingerprint density at radius 3 is 3.00 bits per heavy atom. The molecule has 0 aliphatic carbocycles. The van der Waals surface area contributed by atoms with Crippen LogP contribution in [0.2, 0.25) is 0 Å². The van der Waals surface area contributed by atoms with Crippen molar-refractivity contribution >= 4 is 21.6 Å². The molecule has 17 heavy (non-hydrogen) atoms. The highest BCUT2D eigenvalue weighted by atomic mass is 79.9. The summed E-state index contributed by atoms with van der Waals surface area (Å²) in [6.45, 7) is 5.22. The van der Waals surface area contributed by atoms with Gasteiger partial charge in [-0.05, 0) is 49.9 Å².